The molecule has 0 heterocycles. The molecule has 0 bridgehead atoms. The third kappa shape index (κ3) is 9.60. The fraction of sp³-hybridized carbons (Fsp3) is 0. The summed E-state index contributed by atoms with van der Waals surface area (Å²) in [6, 6.07) is -1.20. The van der Waals surface area contributed by atoms with Crippen molar-refractivity contribution in [3.63, 3.8) is 0 Å². The van der Waals surface area contributed by atoms with E-state index in [1.54, 1.807) is 0 Å². The number of hydrogen-bond acceptors (Lipinski definition) is 3. The normalized spacial score (nSPS) is 6.50. The number of nitrogens with zero attached hydrogens (tertiary/aromatic N) is 1. The van der Waals surface area contributed by atoms with Crippen LogP contribution >= 0.6 is 0 Å². The average Bonchev–Trinajstić information content (AvgIpc) is 1.27. The maximum absolute atomic E-state index is 9.47. The van der Waals surface area contributed by atoms with Crippen molar-refractivity contribution in [2.75, 3.05) is 0 Å². The zero-order valence-corrected chi connectivity index (χ0v) is 5.03. The first-order valence-corrected chi connectivity index (χ1v) is 2.26. The summed E-state index contributed by atoms with van der Waals surface area (Å²) in [5, 5.41) is 0. The molecular formula is CH2ArN2O3S. The van der Waals surface area contributed by atoms with Gasteiger partial charge < -0.3 is 5.73 Å². The molecule has 0 rings (SSSR count). The Morgan fingerprint density at radius 3 is 1.88 bits per heavy atom. The van der Waals surface area contributed by atoms with E-state index < -0.39 is 16.5 Å². The molecule has 8 heavy (non-hydrogen) atoms. The first-order chi connectivity index (χ1) is 3.13. The standard InChI is InChI=1S/CH2N2O3S.Ar/c2-1(4)3-7(5)6;/h(H2,2,4);. The molecule has 2 amide bonds. The van der Waals surface area contributed by atoms with Crippen LogP contribution in [-0.2, 0) is 10.5 Å². The quantitative estimate of drug-likeness (QED) is 0.501. The minimum atomic E-state index is -2.70. The molecule has 0 aromatic rings. The van der Waals surface area contributed by atoms with Gasteiger partial charge in [-0.15, -0.1) is 0 Å². The zero-order chi connectivity index (χ0) is 5.86. The predicted octanol–water partition coefficient (Wildman–Crippen LogP) is -0.872. The monoisotopic (exact) mass is 162 g/mol. The molecule has 0 aliphatic heterocycles. The molecule has 0 saturated carbocycles. The fourth-order valence-electron chi connectivity index (χ4n) is 0.0735. The van der Waals surface area contributed by atoms with Gasteiger partial charge in [-0.1, -0.05) is 4.36 Å². The van der Waals surface area contributed by atoms with Gasteiger partial charge in [-0.2, -0.15) is 8.42 Å². The Morgan fingerprint density at radius 2 is 1.88 bits per heavy atom. The van der Waals surface area contributed by atoms with E-state index in [1.165, 1.54) is 0 Å². The molecule has 0 aliphatic carbocycles. The van der Waals surface area contributed by atoms with Crippen LogP contribution in [0.25, 0.3) is 0 Å². The second-order valence-corrected chi connectivity index (χ2v) is 1.26. The Hall–Kier alpha value is 0.350. The number of primary amides is 1. The fourth-order valence-corrected chi connectivity index (χ4v) is 0.220. The smallest absolute Gasteiger partial charge is 0.349 e. The number of carbonyl (C=O) groups excluding carboxylic acids is 1. The van der Waals surface area contributed by atoms with Crippen LogP contribution in [0, 0.1) is 37.7 Å². The van der Waals surface area contributed by atoms with Crippen molar-refractivity contribution >= 4 is 16.5 Å². The molecule has 0 spiro atoms. The maximum Gasteiger partial charge on any atom is 0.353 e. The van der Waals surface area contributed by atoms with E-state index in [0.29, 0.717) is 0 Å². The molecule has 5 nitrogen and oxygen atoms in total. The number of hydrogen-bond donors (Lipinski definition) is 1. The Bertz CT molecular complexity index is 185. The Balaban J connectivity index is 0. The molecule has 48 valence electrons. The number of carbonyl (C=O) groups is 1. The first kappa shape index (κ1) is 11.2. The van der Waals surface area contributed by atoms with E-state index in [2.05, 4.69) is 10.1 Å². The van der Waals surface area contributed by atoms with E-state index in [4.69, 9.17) is 0 Å². The van der Waals surface area contributed by atoms with Crippen LogP contribution in [-0.4, -0.2) is 14.4 Å². The molecule has 0 atom stereocenters. The summed E-state index contributed by atoms with van der Waals surface area (Å²) < 4.78 is 21.0. The Labute approximate surface area is 76.9 Å². The molecule has 0 aromatic carbocycles. The first-order valence-electron chi connectivity index (χ1n) is 1.23. The van der Waals surface area contributed by atoms with Crippen molar-refractivity contribution < 1.29 is 51.0 Å². The third-order valence-corrected chi connectivity index (χ3v) is 0.494. The van der Waals surface area contributed by atoms with Crippen molar-refractivity contribution in [1.82, 2.24) is 0 Å². The van der Waals surface area contributed by atoms with Crippen LogP contribution < -0.4 is 5.73 Å². The minimum Gasteiger partial charge on any atom is -0.349 e. The number of urea groups is 1. The Kier molecular flexibility index (Phi) is 7.67. The van der Waals surface area contributed by atoms with Crippen molar-refractivity contribution in [1.29, 1.82) is 0 Å². The molecule has 0 fully saturated rings. The number of nitrogens with two attached hydrogens (primary N) is 1. The van der Waals surface area contributed by atoms with Gasteiger partial charge in [0.15, 0.2) is 0 Å². The van der Waals surface area contributed by atoms with Crippen LogP contribution in [0.3, 0.4) is 0 Å². The van der Waals surface area contributed by atoms with Crippen molar-refractivity contribution in [3.8, 4) is 0 Å². The van der Waals surface area contributed by atoms with Gasteiger partial charge in [-0.3, -0.25) is 0 Å². The Morgan fingerprint density at radius 1 is 1.50 bits per heavy atom. The van der Waals surface area contributed by atoms with Crippen molar-refractivity contribution in [3.05, 3.63) is 0 Å². The van der Waals surface area contributed by atoms with Crippen LogP contribution in [0.1, 0.15) is 0 Å². The molecule has 0 saturated heterocycles. The number of rotatable bonds is 0. The van der Waals surface area contributed by atoms with Crippen LogP contribution in [0.2, 0.25) is 0 Å². The van der Waals surface area contributed by atoms with Gasteiger partial charge in [-0.05, 0) is 0 Å². The molecule has 2 N–H and O–H groups in total. The van der Waals surface area contributed by atoms with Crippen molar-refractivity contribution in [2.24, 2.45) is 10.1 Å². The van der Waals surface area contributed by atoms with Gasteiger partial charge in [0.25, 0.3) is 0 Å². The van der Waals surface area contributed by atoms with E-state index in [-0.39, 0.29) is 37.7 Å². The summed E-state index contributed by atoms with van der Waals surface area (Å²) in [5.74, 6) is 0. The largest absolute Gasteiger partial charge is 0.353 e. The summed E-state index contributed by atoms with van der Waals surface area (Å²) in [7, 11) is -2.70. The third-order valence-electron chi connectivity index (χ3n) is 0.165. The van der Waals surface area contributed by atoms with Gasteiger partial charge >= 0.3 is 16.5 Å². The van der Waals surface area contributed by atoms with Crippen molar-refractivity contribution in [2.45, 2.75) is 0 Å². The average molecular weight is 162 g/mol. The molecule has 7 heteroatoms. The summed E-state index contributed by atoms with van der Waals surface area (Å²) in [6.07, 6.45) is 0. The molecule has 0 unspecified atom stereocenters. The van der Waals surface area contributed by atoms with E-state index in [9.17, 15) is 13.2 Å². The summed E-state index contributed by atoms with van der Waals surface area (Å²) in [5.41, 5.74) is 4.29. The van der Waals surface area contributed by atoms with E-state index >= 15 is 0 Å². The van der Waals surface area contributed by atoms with Crippen LogP contribution in [0.5, 0.6) is 0 Å². The van der Waals surface area contributed by atoms with Gasteiger partial charge in [0.1, 0.15) is 0 Å². The second-order valence-electron chi connectivity index (χ2n) is 0.647. The SMILES string of the molecule is NC(=O)N=S(=O)=O.[Ar]. The van der Waals surface area contributed by atoms with E-state index in [0.717, 1.165) is 0 Å². The molecular weight excluding hydrogens is 160 g/mol. The maximum atomic E-state index is 9.47. The van der Waals surface area contributed by atoms with Gasteiger partial charge in [0.2, 0.25) is 0 Å². The minimum absolute atomic E-state index is 0. The van der Waals surface area contributed by atoms with Crippen LogP contribution in [0.15, 0.2) is 4.36 Å². The molecule has 0 aromatic heterocycles. The van der Waals surface area contributed by atoms with Gasteiger partial charge in [0, 0.05) is 37.7 Å². The molecule has 0 aliphatic rings. The summed E-state index contributed by atoms with van der Waals surface area (Å²) >= 11 is 0. The van der Waals surface area contributed by atoms with E-state index in [1.807, 2.05) is 0 Å². The topological polar surface area (TPSA) is 89.6 Å². The number of amides is 2. The zero-order valence-electron chi connectivity index (χ0n) is 3.51. The van der Waals surface area contributed by atoms with Crippen LogP contribution in [0.4, 0.5) is 4.79 Å². The summed E-state index contributed by atoms with van der Waals surface area (Å²) in [4.78, 5) is 9.47. The summed E-state index contributed by atoms with van der Waals surface area (Å²) in [6.45, 7) is 0. The van der Waals surface area contributed by atoms with Gasteiger partial charge in [0.05, 0.1) is 0 Å². The van der Waals surface area contributed by atoms with Gasteiger partial charge in [-0.25, -0.2) is 4.79 Å². The molecule has 0 radical (unpaired) electrons. The predicted molar refractivity (Wildman–Crippen MR) is 20.9 cm³/mol. The second kappa shape index (κ2) is 5.49.